The Balaban J connectivity index is 2.76. The standard InChI is InChI=1S/C5H6OS/c7-4-5-1-2-6-3-5/h1-3,7H,4H2. The first-order valence-corrected chi connectivity index (χ1v) is 2.68. The average Bonchev–Trinajstić information content (AvgIpc) is 2.14. The summed E-state index contributed by atoms with van der Waals surface area (Å²) in [5.41, 5.74) is 1.13. The van der Waals surface area contributed by atoms with Gasteiger partial charge in [0.2, 0.25) is 0 Å². The van der Waals surface area contributed by atoms with Gasteiger partial charge < -0.3 is 4.42 Å². The molecule has 0 spiro atoms. The summed E-state index contributed by atoms with van der Waals surface area (Å²) in [4.78, 5) is 0. The topological polar surface area (TPSA) is 13.1 Å². The summed E-state index contributed by atoms with van der Waals surface area (Å²) < 4.78 is 4.76. The molecule has 0 saturated carbocycles. The molecular formula is C5H6OS. The lowest BCUT2D eigenvalue weighted by atomic mass is 10.4. The molecule has 38 valence electrons. The summed E-state index contributed by atoms with van der Waals surface area (Å²) in [5.74, 6) is 0.760. The molecule has 0 amide bonds. The summed E-state index contributed by atoms with van der Waals surface area (Å²) in [5, 5.41) is 0. The van der Waals surface area contributed by atoms with E-state index in [1.54, 1.807) is 12.5 Å². The van der Waals surface area contributed by atoms with Crippen molar-refractivity contribution in [2.24, 2.45) is 0 Å². The van der Waals surface area contributed by atoms with Gasteiger partial charge in [-0.1, -0.05) is 0 Å². The Bertz CT molecular complexity index is 123. The lowest BCUT2D eigenvalue weighted by Gasteiger charge is -1.76. The normalized spacial score (nSPS) is 9.29. The summed E-state index contributed by atoms with van der Waals surface area (Å²) in [6.07, 6.45) is 3.33. The molecule has 0 radical (unpaired) electrons. The average molecular weight is 114 g/mol. The van der Waals surface area contributed by atoms with Gasteiger partial charge in [-0.2, -0.15) is 12.6 Å². The molecule has 1 rings (SSSR count). The molecule has 0 unspecified atom stereocenters. The summed E-state index contributed by atoms with van der Waals surface area (Å²) in [7, 11) is 0. The second kappa shape index (κ2) is 2.07. The van der Waals surface area contributed by atoms with Gasteiger partial charge in [-0.05, 0) is 11.6 Å². The molecule has 0 N–H and O–H groups in total. The van der Waals surface area contributed by atoms with E-state index >= 15 is 0 Å². The predicted molar refractivity (Wildman–Crippen MR) is 31.4 cm³/mol. The zero-order chi connectivity index (χ0) is 5.11. The van der Waals surface area contributed by atoms with E-state index in [1.165, 1.54) is 0 Å². The van der Waals surface area contributed by atoms with Crippen LogP contribution in [0.2, 0.25) is 0 Å². The maximum absolute atomic E-state index is 4.76. The maximum Gasteiger partial charge on any atom is 0.0942 e. The molecule has 0 saturated heterocycles. The van der Waals surface area contributed by atoms with E-state index in [-0.39, 0.29) is 0 Å². The molecule has 0 bridgehead atoms. The van der Waals surface area contributed by atoms with E-state index in [4.69, 9.17) is 4.42 Å². The lowest BCUT2D eigenvalue weighted by Crippen LogP contribution is -1.62. The Morgan fingerprint density at radius 1 is 1.71 bits per heavy atom. The van der Waals surface area contributed by atoms with Crippen molar-refractivity contribution in [3.05, 3.63) is 24.2 Å². The van der Waals surface area contributed by atoms with Crippen LogP contribution in [-0.4, -0.2) is 0 Å². The number of furan rings is 1. The Morgan fingerprint density at radius 2 is 2.57 bits per heavy atom. The highest BCUT2D eigenvalue weighted by Gasteiger charge is 1.84. The SMILES string of the molecule is SCc1ccoc1. The third-order valence-electron chi connectivity index (χ3n) is 0.763. The minimum Gasteiger partial charge on any atom is -0.472 e. The van der Waals surface area contributed by atoms with Crippen molar-refractivity contribution < 1.29 is 4.42 Å². The van der Waals surface area contributed by atoms with Crippen LogP contribution in [0.5, 0.6) is 0 Å². The van der Waals surface area contributed by atoms with Crippen LogP contribution in [0.25, 0.3) is 0 Å². The van der Waals surface area contributed by atoms with Crippen LogP contribution < -0.4 is 0 Å². The van der Waals surface area contributed by atoms with Crippen molar-refractivity contribution in [2.45, 2.75) is 5.75 Å². The molecular weight excluding hydrogens is 108 g/mol. The van der Waals surface area contributed by atoms with Crippen LogP contribution in [0.3, 0.4) is 0 Å². The van der Waals surface area contributed by atoms with E-state index in [2.05, 4.69) is 12.6 Å². The number of hydrogen-bond donors (Lipinski definition) is 1. The summed E-state index contributed by atoms with van der Waals surface area (Å²) in [6, 6.07) is 1.90. The second-order valence-electron chi connectivity index (χ2n) is 1.29. The van der Waals surface area contributed by atoms with Crippen LogP contribution in [0, 0.1) is 0 Å². The zero-order valence-corrected chi connectivity index (χ0v) is 4.69. The first-order valence-electron chi connectivity index (χ1n) is 2.05. The first-order chi connectivity index (χ1) is 3.43. The number of rotatable bonds is 1. The van der Waals surface area contributed by atoms with Crippen molar-refractivity contribution in [1.82, 2.24) is 0 Å². The largest absolute Gasteiger partial charge is 0.472 e. The van der Waals surface area contributed by atoms with Crippen molar-refractivity contribution in [2.75, 3.05) is 0 Å². The molecule has 1 heterocycles. The molecule has 1 nitrogen and oxygen atoms in total. The number of thiol groups is 1. The van der Waals surface area contributed by atoms with Gasteiger partial charge in [-0.25, -0.2) is 0 Å². The molecule has 0 atom stereocenters. The molecule has 0 fully saturated rings. The fourth-order valence-electron chi connectivity index (χ4n) is 0.383. The second-order valence-corrected chi connectivity index (χ2v) is 1.61. The number of hydrogen-bond acceptors (Lipinski definition) is 2. The van der Waals surface area contributed by atoms with E-state index in [0.29, 0.717) is 0 Å². The predicted octanol–water partition coefficient (Wildman–Crippen LogP) is 1.71. The quantitative estimate of drug-likeness (QED) is 0.548. The fraction of sp³-hybridized carbons (Fsp3) is 0.200. The maximum atomic E-state index is 4.76. The molecule has 0 aliphatic carbocycles. The minimum absolute atomic E-state index is 0.760. The molecule has 1 aromatic heterocycles. The van der Waals surface area contributed by atoms with Gasteiger partial charge in [-0.3, -0.25) is 0 Å². The minimum atomic E-state index is 0.760. The van der Waals surface area contributed by atoms with Gasteiger partial charge >= 0.3 is 0 Å². The van der Waals surface area contributed by atoms with Crippen LogP contribution in [0.15, 0.2) is 23.0 Å². The van der Waals surface area contributed by atoms with Crippen LogP contribution in [-0.2, 0) is 5.75 Å². The highest BCUT2D eigenvalue weighted by molar-refractivity contribution is 7.79. The van der Waals surface area contributed by atoms with Crippen molar-refractivity contribution in [3.63, 3.8) is 0 Å². The Morgan fingerprint density at radius 3 is 2.86 bits per heavy atom. The van der Waals surface area contributed by atoms with E-state index < -0.39 is 0 Å². The first kappa shape index (κ1) is 4.78. The smallest absolute Gasteiger partial charge is 0.0942 e. The van der Waals surface area contributed by atoms with Crippen molar-refractivity contribution in [1.29, 1.82) is 0 Å². The van der Waals surface area contributed by atoms with Crippen molar-refractivity contribution in [3.8, 4) is 0 Å². The molecule has 0 aliphatic rings. The van der Waals surface area contributed by atoms with Gasteiger partial charge in [-0.15, -0.1) is 0 Å². The van der Waals surface area contributed by atoms with Crippen LogP contribution in [0.1, 0.15) is 5.56 Å². The zero-order valence-electron chi connectivity index (χ0n) is 3.79. The molecule has 2 heteroatoms. The van der Waals surface area contributed by atoms with Crippen molar-refractivity contribution >= 4 is 12.6 Å². The van der Waals surface area contributed by atoms with Gasteiger partial charge in [0.1, 0.15) is 0 Å². The fourth-order valence-corrected chi connectivity index (χ4v) is 0.563. The Labute approximate surface area is 47.7 Å². The molecule has 0 aliphatic heterocycles. The third kappa shape index (κ3) is 0.996. The van der Waals surface area contributed by atoms with E-state index in [9.17, 15) is 0 Å². The third-order valence-corrected chi connectivity index (χ3v) is 1.13. The van der Waals surface area contributed by atoms with Gasteiger partial charge in [0.25, 0.3) is 0 Å². The monoisotopic (exact) mass is 114 g/mol. The summed E-state index contributed by atoms with van der Waals surface area (Å²) in [6.45, 7) is 0. The lowest BCUT2D eigenvalue weighted by molar-refractivity contribution is 0.565. The van der Waals surface area contributed by atoms with Crippen LogP contribution in [0.4, 0.5) is 0 Å². The molecule has 1 aromatic rings. The van der Waals surface area contributed by atoms with E-state index in [1.807, 2.05) is 6.07 Å². The van der Waals surface area contributed by atoms with Crippen LogP contribution >= 0.6 is 12.6 Å². The van der Waals surface area contributed by atoms with E-state index in [0.717, 1.165) is 11.3 Å². The van der Waals surface area contributed by atoms with Gasteiger partial charge in [0.15, 0.2) is 0 Å². The molecule has 7 heavy (non-hydrogen) atoms. The highest BCUT2D eigenvalue weighted by Crippen LogP contribution is 2.01. The Hall–Kier alpha value is -0.370. The Kier molecular flexibility index (Phi) is 1.42. The molecule has 0 aromatic carbocycles. The van der Waals surface area contributed by atoms with Gasteiger partial charge in [0.05, 0.1) is 12.5 Å². The summed E-state index contributed by atoms with van der Waals surface area (Å²) >= 11 is 4.02. The van der Waals surface area contributed by atoms with Gasteiger partial charge in [0, 0.05) is 5.75 Å². The highest BCUT2D eigenvalue weighted by atomic mass is 32.1.